The van der Waals surface area contributed by atoms with E-state index in [0.717, 1.165) is 0 Å². The number of carbonyl (C=O) groups excluding carboxylic acids is 4. The van der Waals surface area contributed by atoms with Crippen LogP contribution in [0.4, 0.5) is 0 Å². The Bertz CT molecular complexity index is 408. The van der Waals surface area contributed by atoms with E-state index < -0.39 is 41.3 Å². The number of carbonyl (C=O) groups is 4. The average Bonchev–Trinajstić information content (AvgIpc) is 2.47. The van der Waals surface area contributed by atoms with Crippen molar-refractivity contribution in [2.24, 2.45) is 17.8 Å². The van der Waals surface area contributed by atoms with Gasteiger partial charge in [0.05, 0.1) is 13.2 Å². The van der Waals surface area contributed by atoms with E-state index in [1.54, 1.807) is 13.8 Å². The van der Waals surface area contributed by atoms with Crippen LogP contribution in [0, 0.1) is 17.8 Å². The van der Waals surface area contributed by atoms with Crippen LogP contribution in [-0.4, -0.2) is 48.4 Å². The molecule has 138 valence electrons. The van der Waals surface area contributed by atoms with Gasteiger partial charge in [0.2, 0.25) is 0 Å². The Balaban J connectivity index is 5.71. The van der Waals surface area contributed by atoms with E-state index >= 15 is 0 Å². The molecule has 0 aliphatic heterocycles. The molecule has 0 bridgehead atoms. The van der Waals surface area contributed by atoms with Gasteiger partial charge >= 0.3 is 11.9 Å². The minimum atomic E-state index is -1.21. The number of hydrogen-bond acceptors (Lipinski definition) is 7. The zero-order valence-electron chi connectivity index (χ0n) is 14.9. The van der Waals surface area contributed by atoms with Crippen molar-refractivity contribution in [2.45, 2.75) is 47.0 Å². The molecule has 7 nitrogen and oxygen atoms in total. The molecule has 0 heterocycles. The van der Waals surface area contributed by atoms with Crippen molar-refractivity contribution in [3.8, 4) is 0 Å². The molecule has 1 N–H and O–H groups in total. The zero-order chi connectivity index (χ0) is 18.7. The molecular formula is C17H28O7. The van der Waals surface area contributed by atoms with Crippen LogP contribution >= 0.6 is 0 Å². The Hall–Kier alpha value is -1.76. The number of aliphatic hydroxyl groups excluding tert-OH is 1. The summed E-state index contributed by atoms with van der Waals surface area (Å²) < 4.78 is 9.90. The van der Waals surface area contributed by atoms with Gasteiger partial charge in [0.1, 0.15) is 23.4 Å². The molecule has 0 rings (SSSR count). The molecule has 0 spiro atoms. The fourth-order valence-electron chi connectivity index (χ4n) is 2.77. The number of rotatable bonds is 12. The Morgan fingerprint density at radius 3 is 1.54 bits per heavy atom. The summed E-state index contributed by atoms with van der Waals surface area (Å²) in [5.41, 5.74) is 0. The molecule has 7 heteroatoms. The first-order valence-electron chi connectivity index (χ1n) is 8.26. The summed E-state index contributed by atoms with van der Waals surface area (Å²) in [6.07, 6.45) is 1.16. The van der Waals surface area contributed by atoms with Gasteiger partial charge in [0.25, 0.3) is 0 Å². The van der Waals surface area contributed by atoms with Crippen molar-refractivity contribution >= 4 is 23.5 Å². The highest BCUT2D eigenvalue weighted by Gasteiger charge is 2.43. The lowest BCUT2D eigenvalue weighted by atomic mass is 9.75. The number of esters is 2. The lowest BCUT2D eigenvalue weighted by molar-refractivity contribution is -0.160. The van der Waals surface area contributed by atoms with Gasteiger partial charge in [0, 0.05) is 6.61 Å². The third-order valence-electron chi connectivity index (χ3n) is 3.76. The van der Waals surface area contributed by atoms with Crippen molar-refractivity contribution in [3.63, 3.8) is 0 Å². The van der Waals surface area contributed by atoms with Gasteiger partial charge in [-0.1, -0.05) is 6.42 Å². The summed E-state index contributed by atoms with van der Waals surface area (Å²) in [6.45, 7) is 5.84. The second-order valence-corrected chi connectivity index (χ2v) is 5.56. The maximum atomic E-state index is 12.2. The standard InChI is InChI=1S/C17H28O7/c1-5-23-16(21)14(11(3)19)13(9-7-8-10-18)15(12(4)20)17(22)24-6-2/h13-15,18H,5-10H2,1-4H3. The SMILES string of the molecule is CCOC(=O)C(C(C)=O)C(CCCCO)C(C(C)=O)C(=O)OCC. The van der Waals surface area contributed by atoms with Crippen LogP contribution in [0.5, 0.6) is 0 Å². The van der Waals surface area contributed by atoms with Gasteiger partial charge in [-0.15, -0.1) is 0 Å². The van der Waals surface area contributed by atoms with E-state index in [9.17, 15) is 19.2 Å². The maximum Gasteiger partial charge on any atom is 0.316 e. The number of ketones is 2. The quantitative estimate of drug-likeness (QED) is 0.323. The fourth-order valence-corrected chi connectivity index (χ4v) is 2.77. The lowest BCUT2D eigenvalue weighted by Gasteiger charge is -2.28. The van der Waals surface area contributed by atoms with E-state index in [2.05, 4.69) is 0 Å². The lowest BCUT2D eigenvalue weighted by Crippen LogP contribution is -2.42. The Morgan fingerprint density at radius 2 is 1.25 bits per heavy atom. The number of hydrogen-bond donors (Lipinski definition) is 1. The molecule has 0 aromatic heterocycles. The van der Waals surface area contributed by atoms with Crippen LogP contribution in [0.3, 0.4) is 0 Å². The van der Waals surface area contributed by atoms with Crippen molar-refractivity contribution in [1.82, 2.24) is 0 Å². The van der Waals surface area contributed by atoms with Crippen LogP contribution in [0.25, 0.3) is 0 Å². The summed E-state index contributed by atoms with van der Waals surface area (Å²) in [6, 6.07) is 0. The second kappa shape index (κ2) is 11.7. The highest BCUT2D eigenvalue weighted by atomic mass is 16.5. The van der Waals surface area contributed by atoms with Crippen LogP contribution in [0.2, 0.25) is 0 Å². The predicted octanol–water partition coefficient (Wildman–Crippen LogP) is 1.30. The molecule has 0 aromatic rings. The Morgan fingerprint density at radius 1 is 0.833 bits per heavy atom. The molecule has 0 saturated heterocycles. The first-order valence-corrected chi connectivity index (χ1v) is 8.26. The molecule has 0 aliphatic rings. The highest BCUT2D eigenvalue weighted by Crippen LogP contribution is 2.31. The Labute approximate surface area is 142 Å². The predicted molar refractivity (Wildman–Crippen MR) is 86.0 cm³/mol. The smallest absolute Gasteiger partial charge is 0.316 e. The maximum absolute atomic E-state index is 12.2. The van der Waals surface area contributed by atoms with E-state index in [-0.39, 0.29) is 26.2 Å². The molecule has 2 unspecified atom stereocenters. The summed E-state index contributed by atoms with van der Waals surface area (Å²) in [4.78, 5) is 48.5. The van der Waals surface area contributed by atoms with Crippen LogP contribution in [0.15, 0.2) is 0 Å². The number of Topliss-reactive ketones (excluding diaryl/α,β-unsaturated/α-hetero) is 2. The summed E-state index contributed by atoms with van der Waals surface area (Å²) in [7, 11) is 0. The zero-order valence-corrected chi connectivity index (χ0v) is 14.9. The molecule has 24 heavy (non-hydrogen) atoms. The van der Waals surface area contributed by atoms with Crippen molar-refractivity contribution < 1.29 is 33.8 Å². The summed E-state index contributed by atoms with van der Waals surface area (Å²) in [5, 5.41) is 8.94. The molecule has 0 fully saturated rings. The second-order valence-electron chi connectivity index (χ2n) is 5.56. The molecule has 0 amide bonds. The van der Waals surface area contributed by atoms with E-state index in [0.29, 0.717) is 12.8 Å². The number of ether oxygens (including phenoxy) is 2. The van der Waals surface area contributed by atoms with Gasteiger partial charge in [0.15, 0.2) is 0 Å². The molecule has 0 aromatic carbocycles. The molecular weight excluding hydrogens is 316 g/mol. The van der Waals surface area contributed by atoms with Gasteiger partial charge in [-0.05, 0) is 46.5 Å². The average molecular weight is 344 g/mol. The van der Waals surface area contributed by atoms with Crippen molar-refractivity contribution in [1.29, 1.82) is 0 Å². The van der Waals surface area contributed by atoms with Gasteiger partial charge in [-0.2, -0.15) is 0 Å². The highest BCUT2D eigenvalue weighted by molar-refractivity contribution is 6.02. The summed E-state index contributed by atoms with van der Waals surface area (Å²) >= 11 is 0. The first-order chi connectivity index (χ1) is 11.3. The number of aliphatic hydroxyl groups is 1. The monoisotopic (exact) mass is 344 g/mol. The van der Waals surface area contributed by atoms with Crippen LogP contribution in [0.1, 0.15) is 47.0 Å². The van der Waals surface area contributed by atoms with Crippen molar-refractivity contribution in [2.75, 3.05) is 19.8 Å². The third kappa shape index (κ3) is 6.78. The molecule has 2 atom stereocenters. The molecule has 0 radical (unpaired) electrons. The minimum absolute atomic E-state index is 0.0546. The van der Waals surface area contributed by atoms with Crippen LogP contribution in [-0.2, 0) is 28.7 Å². The van der Waals surface area contributed by atoms with E-state index in [1.807, 2.05) is 0 Å². The van der Waals surface area contributed by atoms with Gasteiger partial charge in [-0.3, -0.25) is 19.2 Å². The minimum Gasteiger partial charge on any atom is -0.465 e. The third-order valence-corrected chi connectivity index (χ3v) is 3.76. The first kappa shape index (κ1) is 22.2. The van der Waals surface area contributed by atoms with Crippen LogP contribution < -0.4 is 0 Å². The fraction of sp³-hybridized carbons (Fsp3) is 0.765. The number of unbranched alkanes of at least 4 members (excludes halogenated alkanes) is 1. The molecule has 0 saturated carbocycles. The van der Waals surface area contributed by atoms with Crippen molar-refractivity contribution in [3.05, 3.63) is 0 Å². The topological polar surface area (TPSA) is 107 Å². The van der Waals surface area contributed by atoms with Gasteiger partial charge in [-0.25, -0.2) is 0 Å². The molecule has 0 aliphatic carbocycles. The van der Waals surface area contributed by atoms with Gasteiger partial charge < -0.3 is 14.6 Å². The Kier molecular flexibility index (Phi) is 10.9. The largest absolute Gasteiger partial charge is 0.465 e. The van der Waals surface area contributed by atoms with E-state index in [4.69, 9.17) is 14.6 Å². The van der Waals surface area contributed by atoms with E-state index in [1.165, 1.54) is 13.8 Å². The summed E-state index contributed by atoms with van der Waals surface area (Å²) in [5.74, 6) is -5.66. The normalized spacial score (nSPS) is 14.4.